The Morgan fingerprint density at radius 3 is 3.30 bits per heavy atom. The van der Waals surface area contributed by atoms with Crippen molar-refractivity contribution in [1.82, 2.24) is 10.1 Å². The van der Waals surface area contributed by atoms with Gasteiger partial charge in [-0.2, -0.15) is 0 Å². The van der Waals surface area contributed by atoms with Gasteiger partial charge in [-0.1, -0.05) is 5.16 Å². The van der Waals surface area contributed by atoms with Crippen LogP contribution in [0.3, 0.4) is 0 Å². The van der Waals surface area contributed by atoms with E-state index in [9.17, 15) is 0 Å². The molecule has 0 saturated carbocycles. The molecule has 0 amide bonds. The van der Waals surface area contributed by atoms with Crippen molar-refractivity contribution in [2.45, 2.75) is 38.5 Å². The number of hydrogen-bond acceptors (Lipinski definition) is 5. The van der Waals surface area contributed by atoms with Crippen LogP contribution in [0.2, 0.25) is 0 Å². The molecule has 1 saturated heterocycles. The average Bonchev–Trinajstić information content (AvgIpc) is 3.19. The first kappa shape index (κ1) is 12.6. The Morgan fingerprint density at radius 2 is 2.40 bits per heavy atom. The highest BCUT2D eigenvalue weighted by Crippen LogP contribution is 2.34. The highest BCUT2D eigenvalue weighted by atomic mass is 32.1. The first-order chi connectivity index (χ1) is 9.88. The number of rotatable bonds is 3. The minimum Gasteiger partial charge on any atom is -0.373 e. The van der Waals surface area contributed by atoms with E-state index in [2.05, 4.69) is 22.2 Å². The van der Waals surface area contributed by atoms with Gasteiger partial charge in [-0.05, 0) is 25.0 Å². The van der Waals surface area contributed by atoms with E-state index in [1.807, 2.05) is 11.3 Å². The predicted octanol–water partition coefficient (Wildman–Crippen LogP) is 3.15. The lowest BCUT2D eigenvalue weighted by Crippen LogP contribution is -2.29. The van der Waals surface area contributed by atoms with Gasteiger partial charge < -0.3 is 9.26 Å². The molecule has 0 bridgehead atoms. The fourth-order valence-electron chi connectivity index (χ4n) is 3.01. The Bertz CT molecular complexity index is 586. The molecule has 0 radical (unpaired) electrons. The van der Waals surface area contributed by atoms with Crippen LogP contribution in [0.1, 0.15) is 40.0 Å². The first-order valence-electron chi connectivity index (χ1n) is 7.23. The van der Waals surface area contributed by atoms with Crippen LogP contribution in [-0.4, -0.2) is 23.2 Å². The Hall–Kier alpha value is -1.17. The van der Waals surface area contributed by atoms with Gasteiger partial charge in [0.15, 0.2) is 0 Å². The number of ether oxygens (including phenoxy) is 1. The van der Waals surface area contributed by atoms with Gasteiger partial charge in [0.25, 0.3) is 0 Å². The smallest absolute Gasteiger partial charge is 0.128 e. The minimum absolute atomic E-state index is 0.347. The quantitative estimate of drug-likeness (QED) is 0.870. The second-order valence-corrected chi connectivity index (χ2v) is 6.75. The summed E-state index contributed by atoms with van der Waals surface area (Å²) in [7, 11) is 0. The van der Waals surface area contributed by atoms with Gasteiger partial charge in [-0.15, -0.1) is 11.3 Å². The summed E-state index contributed by atoms with van der Waals surface area (Å²) in [6.45, 7) is 3.95. The monoisotopic (exact) mass is 290 g/mol. The molecule has 4 heterocycles. The molecule has 2 aromatic heterocycles. The molecule has 4 nitrogen and oxygen atoms in total. The van der Waals surface area contributed by atoms with Gasteiger partial charge in [-0.25, -0.2) is 0 Å². The van der Waals surface area contributed by atoms with E-state index in [1.54, 1.807) is 6.26 Å². The van der Waals surface area contributed by atoms with Gasteiger partial charge >= 0.3 is 0 Å². The van der Waals surface area contributed by atoms with Crippen LogP contribution < -0.4 is 0 Å². The fourth-order valence-corrected chi connectivity index (χ4v) is 4.15. The zero-order chi connectivity index (χ0) is 13.4. The number of fused-ring (bicyclic) bond motifs is 1. The summed E-state index contributed by atoms with van der Waals surface area (Å²) < 4.78 is 10.8. The summed E-state index contributed by atoms with van der Waals surface area (Å²) in [5.41, 5.74) is 2.37. The zero-order valence-corrected chi connectivity index (χ0v) is 12.2. The molecule has 2 aromatic rings. The normalized spacial score (nSPS) is 23.1. The van der Waals surface area contributed by atoms with Crippen molar-refractivity contribution in [1.29, 1.82) is 0 Å². The third kappa shape index (κ3) is 2.41. The lowest BCUT2D eigenvalue weighted by atomic mass is 10.1. The van der Waals surface area contributed by atoms with Gasteiger partial charge in [0.05, 0.1) is 11.8 Å². The molecule has 0 aliphatic carbocycles. The molecule has 2 aliphatic heterocycles. The van der Waals surface area contributed by atoms with Crippen LogP contribution in [0, 0.1) is 0 Å². The highest BCUT2D eigenvalue weighted by Gasteiger charge is 2.22. The van der Waals surface area contributed by atoms with E-state index in [0.717, 1.165) is 38.4 Å². The Morgan fingerprint density at radius 1 is 1.40 bits per heavy atom. The molecular weight excluding hydrogens is 272 g/mol. The van der Waals surface area contributed by atoms with Crippen LogP contribution in [0.15, 0.2) is 22.9 Å². The van der Waals surface area contributed by atoms with Crippen molar-refractivity contribution < 1.29 is 9.26 Å². The van der Waals surface area contributed by atoms with E-state index in [1.165, 1.54) is 28.2 Å². The maximum Gasteiger partial charge on any atom is 0.128 e. The second-order valence-electron chi connectivity index (χ2n) is 5.55. The summed E-state index contributed by atoms with van der Waals surface area (Å²) in [6, 6.07) is 4.50. The van der Waals surface area contributed by atoms with Crippen molar-refractivity contribution >= 4 is 11.3 Å². The van der Waals surface area contributed by atoms with Crippen LogP contribution in [-0.2, 0) is 24.2 Å². The van der Waals surface area contributed by atoms with Gasteiger partial charge in [0, 0.05) is 48.0 Å². The summed E-state index contributed by atoms with van der Waals surface area (Å²) in [4.78, 5) is 5.28. The van der Waals surface area contributed by atoms with Crippen molar-refractivity contribution in [3.05, 3.63) is 39.4 Å². The summed E-state index contributed by atoms with van der Waals surface area (Å²) in [5.74, 6) is 0. The van der Waals surface area contributed by atoms with Crippen LogP contribution in [0.25, 0.3) is 0 Å². The lowest BCUT2D eigenvalue weighted by molar-refractivity contribution is 0.114. The minimum atomic E-state index is 0.347. The lowest BCUT2D eigenvalue weighted by Gasteiger charge is -2.24. The van der Waals surface area contributed by atoms with Crippen molar-refractivity contribution in [3.8, 4) is 0 Å². The summed E-state index contributed by atoms with van der Waals surface area (Å²) in [5, 5.41) is 4.04. The molecule has 0 N–H and O–H groups in total. The zero-order valence-electron chi connectivity index (χ0n) is 11.4. The fraction of sp³-hybridized carbons (Fsp3) is 0.533. The maximum atomic E-state index is 5.75. The summed E-state index contributed by atoms with van der Waals surface area (Å²) in [6.07, 6.45) is 5.50. The maximum absolute atomic E-state index is 5.75. The topological polar surface area (TPSA) is 38.5 Å². The van der Waals surface area contributed by atoms with E-state index >= 15 is 0 Å². The predicted molar refractivity (Wildman–Crippen MR) is 76.6 cm³/mol. The molecule has 1 unspecified atom stereocenters. The van der Waals surface area contributed by atoms with Crippen LogP contribution in [0.5, 0.6) is 0 Å². The van der Waals surface area contributed by atoms with Gasteiger partial charge in [0.2, 0.25) is 0 Å². The third-order valence-electron chi connectivity index (χ3n) is 4.10. The molecule has 1 atom stereocenters. The number of aromatic nitrogens is 1. The SMILES string of the molecule is c1cc(C2CCCO2)sc1CN1CCc2nocc2C1. The molecule has 5 heteroatoms. The molecular formula is C15H18N2O2S. The first-order valence-corrected chi connectivity index (χ1v) is 8.05. The molecule has 0 aromatic carbocycles. The van der Waals surface area contributed by atoms with E-state index < -0.39 is 0 Å². The van der Waals surface area contributed by atoms with E-state index in [4.69, 9.17) is 9.26 Å². The molecule has 20 heavy (non-hydrogen) atoms. The van der Waals surface area contributed by atoms with E-state index in [-0.39, 0.29) is 0 Å². The Balaban J connectivity index is 1.42. The molecule has 0 spiro atoms. The third-order valence-corrected chi connectivity index (χ3v) is 5.26. The molecule has 4 rings (SSSR count). The number of hydrogen-bond donors (Lipinski definition) is 0. The van der Waals surface area contributed by atoms with Crippen molar-refractivity contribution in [2.75, 3.05) is 13.2 Å². The number of nitrogens with zero attached hydrogens (tertiary/aromatic N) is 2. The van der Waals surface area contributed by atoms with Crippen LogP contribution >= 0.6 is 11.3 Å². The largest absolute Gasteiger partial charge is 0.373 e. The summed E-state index contributed by atoms with van der Waals surface area (Å²) >= 11 is 1.90. The molecule has 1 fully saturated rings. The number of thiophene rings is 1. The molecule has 2 aliphatic rings. The Labute approximate surface area is 122 Å². The second kappa shape index (κ2) is 5.31. The average molecular weight is 290 g/mol. The standard InChI is InChI=1S/C15H18N2O2S/c1-2-14(18-7-1)15-4-3-12(20-15)9-17-6-5-13-11(8-17)10-19-16-13/h3-4,10,14H,1-2,5-9H2. The van der Waals surface area contributed by atoms with Gasteiger partial charge in [0.1, 0.15) is 6.26 Å². The molecule has 106 valence electrons. The Kier molecular flexibility index (Phi) is 3.34. The van der Waals surface area contributed by atoms with E-state index in [0.29, 0.717) is 6.10 Å². The van der Waals surface area contributed by atoms with Gasteiger partial charge in [-0.3, -0.25) is 4.90 Å². The van der Waals surface area contributed by atoms with Crippen LogP contribution in [0.4, 0.5) is 0 Å². The van der Waals surface area contributed by atoms with Crippen molar-refractivity contribution in [2.24, 2.45) is 0 Å². The highest BCUT2D eigenvalue weighted by molar-refractivity contribution is 7.12. The van der Waals surface area contributed by atoms with Crippen molar-refractivity contribution in [3.63, 3.8) is 0 Å².